The number of hydrogen-bond donors (Lipinski definition) is 1. The monoisotopic (exact) mass is 196 g/mol. The van der Waals surface area contributed by atoms with Crippen LogP contribution in [0.4, 0.5) is 0 Å². The molecular formula is C9H12N2O3. The van der Waals surface area contributed by atoms with Gasteiger partial charge in [-0.1, -0.05) is 0 Å². The van der Waals surface area contributed by atoms with Crippen LogP contribution in [0.15, 0.2) is 23.3 Å². The lowest BCUT2D eigenvalue weighted by atomic mass is 10.1. The Balaban J connectivity index is 2.46. The summed E-state index contributed by atoms with van der Waals surface area (Å²) in [4.78, 5) is 15.1. The van der Waals surface area contributed by atoms with Crippen molar-refractivity contribution in [2.24, 2.45) is 0 Å². The maximum atomic E-state index is 11.4. The minimum Gasteiger partial charge on any atom is -0.391 e. The Morgan fingerprint density at radius 2 is 2.57 bits per heavy atom. The van der Waals surface area contributed by atoms with E-state index in [4.69, 9.17) is 4.74 Å². The van der Waals surface area contributed by atoms with Crippen LogP contribution in [0.25, 0.3) is 0 Å². The number of aliphatic hydroxyl groups excluding tert-OH is 1. The summed E-state index contributed by atoms with van der Waals surface area (Å²) >= 11 is 0. The van der Waals surface area contributed by atoms with Gasteiger partial charge in [0, 0.05) is 25.4 Å². The number of ether oxygens (including phenoxy) is 1. The lowest BCUT2D eigenvalue weighted by Crippen LogP contribution is -2.44. The molecule has 1 unspecified atom stereocenters. The molecule has 0 saturated carbocycles. The highest BCUT2D eigenvalue weighted by molar-refractivity contribution is 4.90. The molecule has 2 rings (SSSR count). The van der Waals surface area contributed by atoms with E-state index in [9.17, 15) is 9.90 Å². The Bertz CT molecular complexity index is 368. The second kappa shape index (κ2) is 3.51. The highest BCUT2D eigenvalue weighted by Crippen LogP contribution is 2.28. The van der Waals surface area contributed by atoms with Crippen molar-refractivity contribution >= 4 is 0 Å². The molecule has 1 aromatic heterocycles. The number of nitrogens with zero attached hydrogens (tertiary/aromatic N) is 2. The van der Waals surface area contributed by atoms with Gasteiger partial charge >= 0.3 is 5.69 Å². The number of aromatic nitrogens is 2. The fourth-order valence-corrected chi connectivity index (χ4v) is 1.74. The van der Waals surface area contributed by atoms with Crippen molar-refractivity contribution in [3.05, 3.63) is 28.9 Å². The zero-order valence-corrected chi connectivity index (χ0v) is 7.72. The van der Waals surface area contributed by atoms with Crippen LogP contribution >= 0.6 is 0 Å². The van der Waals surface area contributed by atoms with Gasteiger partial charge in [0.15, 0.2) is 5.72 Å². The molecule has 76 valence electrons. The van der Waals surface area contributed by atoms with Crippen LogP contribution in [-0.2, 0) is 10.5 Å². The molecule has 2 heterocycles. The van der Waals surface area contributed by atoms with E-state index >= 15 is 0 Å². The molecule has 1 saturated heterocycles. The average molecular weight is 196 g/mol. The topological polar surface area (TPSA) is 64.4 Å². The van der Waals surface area contributed by atoms with E-state index in [0.717, 1.165) is 6.42 Å². The molecule has 1 aliphatic rings. The third-order valence-corrected chi connectivity index (χ3v) is 2.48. The Morgan fingerprint density at radius 3 is 3.14 bits per heavy atom. The van der Waals surface area contributed by atoms with Crippen LogP contribution in [0.5, 0.6) is 0 Å². The fraction of sp³-hybridized carbons (Fsp3) is 0.556. The molecule has 0 aliphatic carbocycles. The van der Waals surface area contributed by atoms with Crippen molar-refractivity contribution in [3.8, 4) is 0 Å². The van der Waals surface area contributed by atoms with Crippen molar-refractivity contribution in [2.75, 3.05) is 13.2 Å². The summed E-state index contributed by atoms with van der Waals surface area (Å²) in [6.45, 7) is 0.375. The summed E-state index contributed by atoms with van der Waals surface area (Å²) in [5.74, 6) is 0. The minimum absolute atomic E-state index is 0.196. The standard InChI is InChI=1S/C9H12N2O3/c12-7-9(3-1-6-14-9)11-5-2-4-10-8(11)13/h2,4-5,12H,1,3,6-7H2. The first kappa shape index (κ1) is 9.36. The second-order valence-corrected chi connectivity index (χ2v) is 3.33. The smallest absolute Gasteiger partial charge is 0.349 e. The predicted octanol–water partition coefficient (Wildman–Crippen LogP) is -0.301. The molecule has 1 aliphatic heterocycles. The van der Waals surface area contributed by atoms with Gasteiger partial charge in [0.25, 0.3) is 0 Å². The maximum Gasteiger partial charge on any atom is 0.349 e. The summed E-state index contributed by atoms with van der Waals surface area (Å²) in [5.41, 5.74) is -1.27. The quantitative estimate of drug-likeness (QED) is 0.705. The third-order valence-electron chi connectivity index (χ3n) is 2.48. The van der Waals surface area contributed by atoms with Gasteiger partial charge in [0.05, 0.1) is 6.61 Å². The average Bonchev–Trinajstić information content (AvgIpc) is 2.68. The molecule has 1 fully saturated rings. The zero-order valence-electron chi connectivity index (χ0n) is 7.72. The first-order valence-electron chi connectivity index (χ1n) is 4.57. The van der Waals surface area contributed by atoms with Crippen molar-refractivity contribution in [1.29, 1.82) is 0 Å². The summed E-state index contributed by atoms with van der Waals surface area (Å²) < 4.78 is 6.79. The molecule has 0 spiro atoms. The third kappa shape index (κ3) is 1.34. The van der Waals surface area contributed by atoms with Crippen LogP contribution in [-0.4, -0.2) is 27.9 Å². The Kier molecular flexibility index (Phi) is 2.35. The van der Waals surface area contributed by atoms with Crippen molar-refractivity contribution in [1.82, 2.24) is 9.55 Å². The van der Waals surface area contributed by atoms with E-state index in [1.165, 1.54) is 10.8 Å². The summed E-state index contributed by atoms with van der Waals surface area (Å²) in [6.07, 6.45) is 4.52. The van der Waals surface area contributed by atoms with E-state index in [1.807, 2.05) is 0 Å². The van der Waals surface area contributed by atoms with Gasteiger partial charge in [-0.3, -0.25) is 4.57 Å². The largest absolute Gasteiger partial charge is 0.391 e. The minimum atomic E-state index is -0.884. The van der Waals surface area contributed by atoms with Gasteiger partial charge in [-0.05, 0) is 12.5 Å². The van der Waals surface area contributed by atoms with Gasteiger partial charge in [-0.2, -0.15) is 0 Å². The second-order valence-electron chi connectivity index (χ2n) is 3.33. The summed E-state index contributed by atoms with van der Waals surface area (Å²) in [5, 5.41) is 9.28. The Morgan fingerprint density at radius 1 is 1.71 bits per heavy atom. The number of aliphatic hydroxyl groups is 1. The molecule has 0 amide bonds. The molecule has 1 aromatic rings. The molecule has 14 heavy (non-hydrogen) atoms. The normalized spacial score (nSPS) is 26.6. The molecule has 1 atom stereocenters. The molecule has 0 bridgehead atoms. The lowest BCUT2D eigenvalue weighted by molar-refractivity contribution is -0.102. The molecule has 1 N–H and O–H groups in total. The fourth-order valence-electron chi connectivity index (χ4n) is 1.74. The SMILES string of the molecule is O=c1ncccn1C1(CO)CCCO1. The van der Waals surface area contributed by atoms with Crippen LogP contribution < -0.4 is 5.69 Å². The van der Waals surface area contributed by atoms with E-state index in [0.29, 0.717) is 13.0 Å². The molecule has 5 heteroatoms. The van der Waals surface area contributed by atoms with Crippen LogP contribution in [0.3, 0.4) is 0 Å². The predicted molar refractivity (Wildman–Crippen MR) is 48.7 cm³/mol. The molecule has 0 aromatic carbocycles. The van der Waals surface area contributed by atoms with Crippen LogP contribution in [0.2, 0.25) is 0 Å². The van der Waals surface area contributed by atoms with Crippen molar-refractivity contribution in [2.45, 2.75) is 18.6 Å². The highest BCUT2D eigenvalue weighted by atomic mass is 16.5. The van der Waals surface area contributed by atoms with Crippen molar-refractivity contribution in [3.63, 3.8) is 0 Å². The van der Waals surface area contributed by atoms with E-state index < -0.39 is 5.72 Å². The van der Waals surface area contributed by atoms with Gasteiger partial charge < -0.3 is 9.84 Å². The number of rotatable bonds is 2. The van der Waals surface area contributed by atoms with Gasteiger partial charge in [-0.25, -0.2) is 9.78 Å². The van der Waals surface area contributed by atoms with Crippen LogP contribution in [0.1, 0.15) is 12.8 Å². The van der Waals surface area contributed by atoms with E-state index in [2.05, 4.69) is 4.98 Å². The zero-order chi connectivity index (χ0) is 10.0. The summed E-state index contributed by atoms with van der Waals surface area (Å²) in [7, 11) is 0. The van der Waals surface area contributed by atoms with Crippen molar-refractivity contribution < 1.29 is 9.84 Å². The summed E-state index contributed by atoms with van der Waals surface area (Å²) in [6, 6.07) is 1.65. The first-order chi connectivity index (χ1) is 6.78. The first-order valence-corrected chi connectivity index (χ1v) is 4.57. The Labute approximate surface area is 81.0 Å². The van der Waals surface area contributed by atoms with E-state index in [-0.39, 0.29) is 12.3 Å². The van der Waals surface area contributed by atoms with Crippen LogP contribution in [0, 0.1) is 0 Å². The maximum absolute atomic E-state index is 11.4. The molecular weight excluding hydrogens is 184 g/mol. The van der Waals surface area contributed by atoms with Gasteiger partial charge in [0.2, 0.25) is 0 Å². The van der Waals surface area contributed by atoms with Gasteiger partial charge in [-0.15, -0.1) is 0 Å². The highest BCUT2D eigenvalue weighted by Gasteiger charge is 2.37. The molecule has 0 radical (unpaired) electrons. The lowest BCUT2D eigenvalue weighted by Gasteiger charge is -2.27. The van der Waals surface area contributed by atoms with E-state index in [1.54, 1.807) is 12.3 Å². The Hall–Kier alpha value is -1.20. The number of hydrogen-bond acceptors (Lipinski definition) is 4. The van der Waals surface area contributed by atoms with Gasteiger partial charge in [0.1, 0.15) is 0 Å². The molecule has 5 nitrogen and oxygen atoms in total.